The summed E-state index contributed by atoms with van der Waals surface area (Å²) in [5.74, 6) is -0.327. The average Bonchev–Trinajstić information content (AvgIpc) is 2.61. The van der Waals surface area contributed by atoms with Crippen LogP contribution in [0.15, 0.2) is 73.1 Å². The van der Waals surface area contributed by atoms with Crippen molar-refractivity contribution < 1.29 is 9.50 Å². The summed E-state index contributed by atoms with van der Waals surface area (Å²) in [6.07, 6.45) is 4.26. The molecular formula is C20H15ClFNO. The molecule has 1 N–H and O–H groups in total. The van der Waals surface area contributed by atoms with Crippen LogP contribution in [0.5, 0.6) is 0 Å². The maximum atomic E-state index is 13.3. The van der Waals surface area contributed by atoms with E-state index in [2.05, 4.69) is 4.98 Å². The number of aliphatic hydroxyl groups is 1. The number of hydrogen-bond donors (Lipinski definition) is 1. The van der Waals surface area contributed by atoms with Gasteiger partial charge in [-0.15, -0.1) is 0 Å². The highest BCUT2D eigenvalue weighted by Crippen LogP contribution is 2.35. The van der Waals surface area contributed by atoms with Crippen LogP contribution < -0.4 is 0 Å². The van der Waals surface area contributed by atoms with Crippen molar-refractivity contribution >= 4 is 23.3 Å². The SMILES string of the molecule is OC(/C(=C/c1cccnc1)c1ccc(F)cc1)c1ccccc1Cl. The van der Waals surface area contributed by atoms with Gasteiger partial charge in [0.2, 0.25) is 0 Å². The maximum absolute atomic E-state index is 13.3. The fraction of sp³-hybridized carbons (Fsp3) is 0.0500. The summed E-state index contributed by atoms with van der Waals surface area (Å²) in [5.41, 5.74) is 2.77. The Morgan fingerprint density at radius 1 is 1.04 bits per heavy atom. The number of pyridine rings is 1. The summed E-state index contributed by atoms with van der Waals surface area (Å²) in [4.78, 5) is 4.08. The van der Waals surface area contributed by atoms with Gasteiger partial charge >= 0.3 is 0 Å². The van der Waals surface area contributed by atoms with Crippen LogP contribution in [0.4, 0.5) is 4.39 Å². The molecule has 0 saturated heterocycles. The molecule has 120 valence electrons. The van der Waals surface area contributed by atoms with Gasteiger partial charge in [-0.25, -0.2) is 4.39 Å². The third-order valence-electron chi connectivity index (χ3n) is 3.68. The Morgan fingerprint density at radius 2 is 1.79 bits per heavy atom. The molecule has 0 aliphatic rings. The standard InChI is InChI=1S/C20H15ClFNO/c21-19-6-2-1-5-17(19)20(24)18(12-14-4-3-11-23-13-14)15-7-9-16(22)10-8-15/h1-13,20,24H/b18-12+. The van der Waals surface area contributed by atoms with E-state index >= 15 is 0 Å². The third-order valence-corrected chi connectivity index (χ3v) is 4.02. The van der Waals surface area contributed by atoms with E-state index in [1.54, 1.807) is 42.7 Å². The zero-order valence-corrected chi connectivity index (χ0v) is 13.5. The summed E-state index contributed by atoms with van der Waals surface area (Å²) in [6, 6.07) is 16.8. The van der Waals surface area contributed by atoms with Crippen LogP contribution >= 0.6 is 11.6 Å². The van der Waals surface area contributed by atoms with Crippen molar-refractivity contribution in [3.8, 4) is 0 Å². The van der Waals surface area contributed by atoms with Gasteiger partial charge in [0.15, 0.2) is 0 Å². The number of benzene rings is 2. The highest BCUT2D eigenvalue weighted by molar-refractivity contribution is 6.31. The van der Waals surface area contributed by atoms with Crippen LogP contribution in [-0.4, -0.2) is 10.1 Å². The maximum Gasteiger partial charge on any atom is 0.123 e. The molecule has 0 aliphatic heterocycles. The lowest BCUT2D eigenvalue weighted by molar-refractivity contribution is 0.239. The molecule has 1 unspecified atom stereocenters. The second-order valence-electron chi connectivity index (χ2n) is 5.32. The fourth-order valence-electron chi connectivity index (χ4n) is 2.47. The lowest BCUT2D eigenvalue weighted by Crippen LogP contribution is -2.02. The molecule has 0 saturated carbocycles. The van der Waals surface area contributed by atoms with Gasteiger partial charge in [0.25, 0.3) is 0 Å². The highest BCUT2D eigenvalue weighted by Gasteiger charge is 2.18. The Balaban J connectivity index is 2.10. The molecule has 0 radical (unpaired) electrons. The van der Waals surface area contributed by atoms with Gasteiger partial charge < -0.3 is 5.11 Å². The number of aromatic nitrogens is 1. The molecule has 2 aromatic carbocycles. The van der Waals surface area contributed by atoms with Gasteiger partial charge in [-0.1, -0.05) is 48.0 Å². The second-order valence-corrected chi connectivity index (χ2v) is 5.72. The van der Waals surface area contributed by atoms with Crippen LogP contribution in [0.2, 0.25) is 5.02 Å². The molecule has 3 rings (SSSR count). The van der Waals surface area contributed by atoms with Crippen molar-refractivity contribution in [2.45, 2.75) is 6.10 Å². The molecule has 0 spiro atoms. The minimum Gasteiger partial charge on any atom is -0.384 e. The van der Waals surface area contributed by atoms with E-state index < -0.39 is 6.10 Å². The van der Waals surface area contributed by atoms with Crippen molar-refractivity contribution in [1.82, 2.24) is 4.98 Å². The highest BCUT2D eigenvalue weighted by atomic mass is 35.5. The van der Waals surface area contributed by atoms with Crippen LogP contribution in [0.3, 0.4) is 0 Å². The predicted molar refractivity (Wildman–Crippen MR) is 94.9 cm³/mol. The third kappa shape index (κ3) is 3.70. The predicted octanol–water partition coefficient (Wildman–Crippen LogP) is 5.15. The molecule has 1 aromatic heterocycles. The molecule has 0 amide bonds. The Bertz CT molecular complexity index is 847. The second kappa shape index (κ2) is 7.39. The first-order chi connectivity index (χ1) is 11.6. The van der Waals surface area contributed by atoms with Crippen molar-refractivity contribution in [3.05, 3.63) is 101 Å². The Hall–Kier alpha value is -2.49. The summed E-state index contributed by atoms with van der Waals surface area (Å²) in [7, 11) is 0. The van der Waals surface area contributed by atoms with Gasteiger partial charge in [-0.2, -0.15) is 0 Å². The fourth-order valence-corrected chi connectivity index (χ4v) is 2.71. The van der Waals surface area contributed by atoms with E-state index in [0.717, 1.165) is 5.56 Å². The first-order valence-corrected chi connectivity index (χ1v) is 7.83. The summed E-state index contributed by atoms with van der Waals surface area (Å²) < 4.78 is 13.3. The lowest BCUT2D eigenvalue weighted by atomic mass is 9.93. The van der Waals surface area contributed by atoms with Crippen LogP contribution in [-0.2, 0) is 0 Å². The molecular weight excluding hydrogens is 325 g/mol. The largest absolute Gasteiger partial charge is 0.384 e. The number of hydrogen-bond acceptors (Lipinski definition) is 2. The van der Waals surface area contributed by atoms with Crippen LogP contribution in [0.25, 0.3) is 11.6 Å². The van der Waals surface area contributed by atoms with Crippen LogP contribution in [0.1, 0.15) is 22.8 Å². The smallest absolute Gasteiger partial charge is 0.123 e. The average molecular weight is 340 g/mol. The number of nitrogens with zero attached hydrogens (tertiary/aromatic N) is 1. The van der Waals surface area contributed by atoms with E-state index in [1.165, 1.54) is 12.1 Å². The zero-order valence-electron chi connectivity index (χ0n) is 12.7. The molecule has 2 nitrogen and oxygen atoms in total. The molecule has 24 heavy (non-hydrogen) atoms. The van der Waals surface area contributed by atoms with Crippen molar-refractivity contribution in [1.29, 1.82) is 0 Å². The Kier molecular flexibility index (Phi) is 5.04. The molecule has 3 aromatic rings. The number of rotatable bonds is 4. The van der Waals surface area contributed by atoms with Crippen molar-refractivity contribution in [2.75, 3.05) is 0 Å². The monoisotopic (exact) mass is 339 g/mol. The molecule has 0 bridgehead atoms. The molecule has 0 aliphatic carbocycles. The Labute approximate surface area is 144 Å². The van der Waals surface area contributed by atoms with Gasteiger partial charge in [-0.3, -0.25) is 4.98 Å². The molecule has 1 atom stereocenters. The normalized spacial score (nSPS) is 12.9. The van der Waals surface area contributed by atoms with E-state index in [9.17, 15) is 9.50 Å². The summed E-state index contributed by atoms with van der Waals surface area (Å²) in [5, 5.41) is 11.4. The number of aliphatic hydroxyl groups excluding tert-OH is 1. The summed E-state index contributed by atoms with van der Waals surface area (Å²) >= 11 is 6.22. The minimum absolute atomic E-state index is 0.327. The van der Waals surface area contributed by atoms with E-state index in [1.807, 2.05) is 24.3 Å². The minimum atomic E-state index is -0.940. The van der Waals surface area contributed by atoms with E-state index in [-0.39, 0.29) is 5.82 Å². The van der Waals surface area contributed by atoms with Gasteiger partial charge in [-0.05, 0) is 47.0 Å². The number of halogens is 2. The summed E-state index contributed by atoms with van der Waals surface area (Å²) in [6.45, 7) is 0. The van der Waals surface area contributed by atoms with E-state index in [0.29, 0.717) is 21.7 Å². The topological polar surface area (TPSA) is 33.1 Å². The van der Waals surface area contributed by atoms with Gasteiger partial charge in [0.05, 0.1) is 0 Å². The zero-order chi connectivity index (χ0) is 16.9. The van der Waals surface area contributed by atoms with Crippen molar-refractivity contribution in [3.63, 3.8) is 0 Å². The van der Waals surface area contributed by atoms with Gasteiger partial charge in [0, 0.05) is 23.0 Å². The lowest BCUT2D eigenvalue weighted by Gasteiger charge is -2.17. The first kappa shape index (κ1) is 16.4. The van der Waals surface area contributed by atoms with E-state index in [4.69, 9.17) is 11.6 Å². The van der Waals surface area contributed by atoms with Gasteiger partial charge in [0.1, 0.15) is 11.9 Å². The quantitative estimate of drug-likeness (QED) is 0.713. The Morgan fingerprint density at radius 3 is 2.46 bits per heavy atom. The molecule has 1 heterocycles. The molecule has 4 heteroatoms. The first-order valence-electron chi connectivity index (χ1n) is 7.45. The molecule has 0 fully saturated rings. The van der Waals surface area contributed by atoms with Crippen LogP contribution in [0, 0.1) is 5.82 Å². The van der Waals surface area contributed by atoms with Crippen molar-refractivity contribution in [2.24, 2.45) is 0 Å².